The van der Waals surface area contributed by atoms with Crippen LogP contribution in [0.1, 0.15) is 24.4 Å². The second-order valence-electron chi connectivity index (χ2n) is 5.44. The largest absolute Gasteiger partial charge is 0.493 e. The molecule has 0 spiro atoms. The summed E-state index contributed by atoms with van der Waals surface area (Å²) in [6, 6.07) is 6.12. The minimum atomic E-state index is 0.147. The lowest BCUT2D eigenvalue weighted by atomic mass is 10.0. The average molecular weight is 294 g/mol. The van der Waals surface area contributed by atoms with Gasteiger partial charge in [0.25, 0.3) is 0 Å². The first-order valence-electron chi connectivity index (χ1n) is 7.43. The zero-order valence-electron chi connectivity index (χ0n) is 13.2. The van der Waals surface area contributed by atoms with Gasteiger partial charge in [-0.05, 0) is 37.6 Å². The minimum Gasteiger partial charge on any atom is -0.493 e. The van der Waals surface area contributed by atoms with E-state index in [4.69, 9.17) is 19.9 Å². The number of likely N-dealkylation sites (N-methyl/N-ethyl adjacent to an activating group) is 1. The summed E-state index contributed by atoms with van der Waals surface area (Å²) >= 11 is 0. The first-order chi connectivity index (χ1) is 10.2. The number of ether oxygens (including phenoxy) is 3. The van der Waals surface area contributed by atoms with E-state index in [1.54, 1.807) is 14.2 Å². The topological polar surface area (TPSA) is 57.0 Å². The Bertz CT molecular complexity index is 447. The van der Waals surface area contributed by atoms with Crippen molar-refractivity contribution in [1.82, 2.24) is 4.90 Å². The van der Waals surface area contributed by atoms with Gasteiger partial charge >= 0.3 is 0 Å². The van der Waals surface area contributed by atoms with Crippen LogP contribution in [0.3, 0.4) is 0 Å². The predicted molar refractivity (Wildman–Crippen MR) is 82.9 cm³/mol. The molecule has 0 saturated carbocycles. The Morgan fingerprint density at radius 3 is 2.67 bits per heavy atom. The fourth-order valence-electron chi connectivity index (χ4n) is 2.87. The third kappa shape index (κ3) is 3.87. The number of benzene rings is 1. The van der Waals surface area contributed by atoms with Gasteiger partial charge in [0.1, 0.15) is 0 Å². The summed E-state index contributed by atoms with van der Waals surface area (Å²) in [5.74, 6) is 1.47. The maximum absolute atomic E-state index is 5.99. The van der Waals surface area contributed by atoms with Gasteiger partial charge in [-0.2, -0.15) is 0 Å². The normalized spacial score (nSPS) is 19.8. The number of nitrogens with two attached hydrogens (primary N) is 1. The predicted octanol–water partition coefficient (Wildman–Crippen LogP) is 1.81. The molecule has 1 fully saturated rings. The molecular formula is C16H26N2O3. The molecule has 5 heteroatoms. The van der Waals surface area contributed by atoms with Crippen LogP contribution in [0.5, 0.6) is 11.5 Å². The van der Waals surface area contributed by atoms with Gasteiger partial charge < -0.3 is 19.9 Å². The third-order valence-corrected chi connectivity index (χ3v) is 4.06. The highest BCUT2D eigenvalue weighted by Gasteiger charge is 2.23. The molecule has 1 heterocycles. The van der Waals surface area contributed by atoms with E-state index in [-0.39, 0.29) is 6.04 Å². The van der Waals surface area contributed by atoms with Crippen molar-refractivity contribution in [3.8, 4) is 11.5 Å². The molecule has 2 rings (SSSR count). The molecule has 1 aromatic carbocycles. The molecule has 0 aromatic heterocycles. The number of hydrogen-bond donors (Lipinski definition) is 1. The molecule has 2 N–H and O–H groups in total. The van der Waals surface area contributed by atoms with Crippen molar-refractivity contribution in [2.24, 2.45) is 5.73 Å². The van der Waals surface area contributed by atoms with E-state index in [1.165, 1.54) is 0 Å². The lowest BCUT2D eigenvalue weighted by molar-refractivity contribution is 0.0689. The van der Waals surface area contributed by atoms with Crippen molar-refractivity contribution >= 4 is 0 Å². The van der Waals surface area contributed by atoms with E-state index in [0.29, 0.717) is 12.6 Å². The molecule has 1 aliphatic heterocycles. The number of hydrogen-bond acceptors (Lipinski definition) is 5. The van der Waals surface area contributed by atoms with Gasteiger partial charge in [-0.1, -0.05) is 6.07 Å². The molecule has 2 unspecified atom stereocenters. The average Bonchev–Trinajstić information content (AvgIpc) is 3.00. The molecular weight excluding hydrogens is 268 g/mol. The van der Waals surface area contributed by atoms with Gasteiger partial charge in [-0.15, -0.1) is 0 Å². The van der Waals surface area contributed by atoms with Crippen molar-refractivity contribution in [2.75, 3.05) is 41.0 Å². The summed E-state index contributed by atoms with van der Waals surface area (Å²) in [5, 5.41) is 0. The van der Waals surface area contributed by atoms with Crippen molar-refractivity contribution in [2.45, 2.75) is 25.0 Å². The Balaban J connectivity index is 2.11. The summed E-state index contributed by atoms with van der Waals surface area (Å²) in [5.41, 5.74) is 7.12. The van der Waals surface area contributed by atoms with Crippen LogP contribution in [-0.4, -0.2) is 52.0 Å². The van der Waals surface area contributed by atoms with Crippen molar-refractivity contribution in [1.29, 1.82) is 0 Å². The Kier molecular flexibility index (Phi) is 5.85. The van der Waals surface area contributed by atoms with Crippen LogP contribution < -0.4 is 15.2 Å². The number of methoxy groups -OCH3 is 2. The first kappa shape index (κ1) is 16.1. The molecule has 1 aromatic rings. The Hall–Kier alpha value is -1.30. The first-order valence-corrected chi connectivity index (χ1v) is 7.43. The van der Waals surface area contributed by atoms with E-state index in [0.717, 1.165) is 43.1 Å². The summed E-state index contributed by atoms with van der Waals surface area (Å²) in [6.45, 7) is 2.33. The summed E-state index contributed by atoms with van der Waals surface area (Å²) in [6.07, 6.45) is 2.61. The van der Waals surface area contributed by atoms with E-state index in [9.17, 15) is 0 Å². The fraction of sp³-hybridized carbons (Fsp3) is 0.625. The van der Waals surface area contributed by atoms with Gasteiger partial charge in [0.2, 0.25) is 0 Å². The van der Waals surface area contributed by atoms with Gasteiger partial charge in [-0.25, -0.2) is 0 Å². The van der Waals surface area contributed by atoms with Crippen LogP contribution in [0.2, 0.25) is 0 Å². The summed E-state index contributed by atoms with van der Waals surface area (Å²) < 4.78 is 16.4. The highest BCUT2D eigenvalue weighted by molar-refractivity contribution is 5.43. The quantitative estimate of drug-likeness (QED) is 0.831. The van der Waals surface area contributed by atoms with E-state index >= 15 is 0 Å². The van der Waals surface area contributed by atoms with Gasteiger partial charge in [0.15, 0.2) is 11.5 Å². The van der Waals surface area contributed by atoms with Crippen LogP contribution in [0.25, 0.3) is 0 Å². The van der Waals surface area contributed by atoms with Crippen molar-refractivity contribution in [3.63, 3.8) is 0 Å². The molecule has 21 heavy (non-hydrogen) atoms. The van der Waals surface area contributed by atoms with Crippen LogP contribution in [-0.2, 0) is 4.74 Å². The molecule has 1 aliphatic rings. The lowest BCUT2D eigenvalue weighted by Crippen LogP contribution is -2.36. The SMILES string of the molecule is COc1ccc(C(CN)N(C)CC2CCCO2)cc1OC. The Morgan fingerprint density at radius 2 is 2.10 bits per heavy atom. The second kappa shape index (κ2) is 7.64. The maximum atomic E-state index is 5.99. The van der Waals surface area contributed by atoms with Crippen molar-refractivity contribution in [3.05, 3.63) is 23.8 Å². The van der Waals surface area contributed by atoms with Crippen LogP contribution in [0, 0.1) is 0 Å². The van der Waals surface area contributed by atoms with Crippen LogP contribution >= 0.6 is 0 Å². The summed E-state index contributed by atoms with van der Waals surface area (Å²) in [7, 11) is 5.38. The number of nitrogens with zero attached hydrogens (tertiary/aromatic N) is 1. The number of rotatable bonds is 7. The molecule has 0 bridgehead atoms. The zero-order chi connectivity index (χ0) is 15.2. The molecule has 118 valence electrons. The standard InChI is InChI=1S/C16H26N2O3/c1-18(11-13-5-4-8-21-13)14(10-17)12-6-7-15(19-2)16(9-12)20-3/h6-7,9,13-14H,4-5,8,10-11,17H2,1-3H3. The maximum Gasteiger partial charge on any atom is 0.161 e. The van der Waals surface area contributed by atoms with Gasteiger partial charge in [0, 0.05) is 25.7 Å². The van der Waals surface area contributed by atoms with Crippen LogP contribution in [0.4, 0.5) is 0 Å². The zero-order valence-corrected chi connectivity index (χ0v) is 13.2. The fourth-order valence-corrected chi connectivity index (χ4v) is 2.87. The smallest absolute Gasteiger partial charge is 0.161 e. The van der Waals surface area contributed by atoms with Crippen LogP contribution in [0.15, 0.2) is 18.2 Å². The molecule has 0 aliphatic carbocycles. The van der Waals surface area contributed by atoms with E-state index in [1.807, 2.05) is 18.2 Å². The van der Waals surface area contributed by atoms with E-state index in [2.05, 4.69) is 11.9 Å². The minimum absolute atomic E-state index is 0.147. The highest BCUT2D eigenvalue weighted by Crippen LogP contribution is 2.31. The molecule has 0 amide bonds. The molecule has 0 radical (unpaired) electrons. The van der Waals surface area contributed by atoms with Gasteiger partial charge in [-0.3, -0.25) is 4.90 Å². The highest BCUT2D eigenvalue weighted by atomic mass is 16.5. The van der Waals surface area contributed by atoms with E-state index < -0.39 is 0 Å². The van der Waals surface area contributed by atoms with Crippen molar-refractivity contribution < 1.29 is 14.2 Å². The summed E-state index contributed by atoms with van der Waals surface area (Å²) in [4.78, 5) is 2.26. The molecule has 1 saturated heterocycles. The monoisotopic (exact) mass is 294 g/mol. The third-order valence-electron chi connectivity index (χ3n) is 4.06. The molecule has 2 atom stereocenters. The molecule has 5 nitrogen and oxygen atoms in total. The Morgan fingerprint density at radius 1 is 1.33 bits per heavy atom. The lowest BCUT2D eigenvalue weighted by Gasteiger charge is -2.29. The second-order valence-corrected chi connectivity index (χ2v) is 5.44. The Labute approximate surface area is 127 Å². The van der Waals surface area contributed by atoms with Gasteiger partial charge in [0.05, 0.1) is 20.3 Å².